The van der Waals surface area contributed by atoms with Gasteiger partial charge in [-0.1, -0.05) is 0 Å². The number of ether oxygens (including phenoxy) is 1. The first-order valence-electron chi connectivity index (χ1n) is 5.26. The number of hydrogen-bond donors (Lipinski definition) is 3. The van der Waals surface area contributed by atoms with Gasteiger partial charge in [-0.15, -0.1) is 0 Å². The number of hydrogen-bond acceptors (Lipinski definition) is 4. The molecule has 0 aliphatic carbocycles. The molecule has 0 fully saturated rings. The number of carbonyl (C=O) groups excluding carboxylic acids is 1. The predicted octanol–water partition coefficient (Wildman–Crippen LogP) is 0.320. The zero-order valence-corrected chi connectivity index (χ0v) is 10.1. The number of rotatable bonds is 7. The Hall–Kier alpha value is -0.810. The van der Waals surface area contributed by atoms with Crippen molar-refractivity contribution < 1.29 is 9.53 Å². The smallest absolute Gasteiger partial charge is 0.407 e. The van der Waals surface area contributed by atoms with E-state index in [9.17, 15) is 4.79 Å². The van der Waals surface area contributed by atoms with Gasteiger partial charge in [-0.25, -0.2) is 4.79 Å². The van der Waals surface area contributed by atoms with E-state index in [0.717, 1.165) is 13.0 Å². The molecule has 0 aliphatic heterocycles. The molecule has 0 rings (SSSR count). The van der Waals surface area contributed by atoms with Gasteiger partial charge in [-0.2, -0.15) is 0 Å². The quantitative estimate of drug-likeness (QED) is 0.537. The van der Waals surface area contributed by atoms with Crippen LogP contribution in [0.5, 0.6) is 0 Å². The highest BCUT2D eigenvalue weighted by Gasteiger charge is 2.16. The molecule has 0 spiro atoms. The third-order valence-electron chi connectivity index (χ3n) is 2.11. The summed E-state index contributed by atoms with van der Waals surface area (Å²) in [5, 5.41) is 8.75. The summed E-state index contributed by atoms with van der Waals surface area (Å²) in [6, 6.07) is 0. The molecule has 0 aromatic heterocycles. The third-order valence-corrected chi connectivity index (χ3v) is 2.11. The lowest BCUT2D eigenvalue weighted by molar-refractivity contribution is 0.116. The van der Waals surface area contributed by atoms with Gasteiger partial charge in [0.25, 0.3) is 0 Å². The number of nitrogens with one attached hydrogen (secondary N) is 3. The molecule has 0 aromatic carbocycles. The van der Waals surface area contributed by atoms with Crippen LogP contribution in [-0.2, 0) is 4.74 Å². The van der Waals surface area contributed by atoms with E-state index >= 15 is 0 Å². The highest BCUT2D eigenvalue weighted by atomic mass is 16.5. The van der Waals surface area contributed by atoms with Gasteiger partial charge in [0.2, 0.25) is 0 Å². The monoisotopic (exact) mass is 217 g/mol. The van der Waals surface area contributed by atoms with Gasteiger partial charge in [0.1, 0.15) is 6.61 Å². The van der Waals surface area contributed by atoms with E-state index in [1.54, 1.807) is 0 Å². The van der Waals surface area contributed by atoms with E-state index in [1.165, 1.54) is 0 Å². The Labute approximate surface area is 91.9 Å². The van der Waals surface area contributed by atoms with Crippen LogP contribution in [0.4, 0.5) is 4.79 Å². The molecule has 0 aliphatic rings. The Morgan fingerprint density at radius 1 is 1.27 bits per heavy atom. The molecule has 0 heterocycles. The van der Waals surface area contributed by atoms with Crippen LogP contribution in [0.1, 0.15) is 20.3 Å². The number of likely N-dealkylation sites (N-methyl/N-ethyl adjacent to an activating group) is 1. The lowest BCUT2D eigenvalue weighted by atomic mass is 10.1. The Morgan fingerprint density at radius 3 is 2.47 bits per heavy atom. The second-order valence-electron chi connectivity index (χ2n) is 4.09. The summed E-state index contributed by atoms with van der Waals surface area (Å²) in [6.07, 6.45) is 0.551. The van der Waals surface area contributed by atoms with Gasteiger partial charge in [-0.05, 0) is 40.9 Å². The van der Waals surface area contributed by atoms with E-state index in [1.807, 2.05) is 27.9 Å². The van der Waals surface area contributed by atoms with E-state index in [4.69, 9.17) is 4.74 Å². The lowest BCUT2D eigenvalue weighted by Crippen LogP contribution is -2.43. The number of alkyl carbamates (subject to hydrolysis) is 1. The minimum atomic E-state index is -0.352. The van der Waals surface area contributed by atoms with Crippen molar-refractivity contribution in [1.29, 1.82) is 0 Å². The summed E-state index contributed by atoms with van der Waals surface area (Å²) < 4.78 is 5.04. The van der Waals surface area contributed by atoms with Gasteiger partial charge >= 0.3 is 6.09 Å². The molecule has 0 radical (unpaired) electrons. The number of carbonyl (C=O) groups is 1. The zero-order chi connectivity index (χ0) is 11.7. The average Bonchev–Trinajstić information content (AvgIpc) is 2.22. The molecule has 0 atom stereocenters. The van der Waals surface area contributed by atoms with Gasteiger partial charge in [0, 0.05) is 12.1 Å². The molecule has 1 amide bonds. The van der Waals surface area contributed by atoms with Crippen LogP contribution in [0.2, 0.25) is 0 Å². The van der Waals surface area contributed by atoms with Crippen molar-refractivity contribution in [2.75, 3.05) is 33.8 Å². The maximum atomic E-state index is 11.2. The van der Waals surface area contributed by atoms with Gasteiger partial charge in [0.15, 0.2) is 0 Å². The fourth-order valence-electron chi connectivity index (χ4n) is 0.825. The highest BCUT2D eigenvalue weighted by molar-refractivity contribution is 5.67. The fraction of sp³-hybridized carbons (Fsp3) is 0.900. The minimum Gasteiger partial charge on any atom is -0.448 e. The van der Waals surface area contributed by atoms with Crippen molar-refractivity contribution in [1.82, 2.24) is 16.0 Å². The van der Waals surface area contributed by atoms with Crippen molar-refractivity contribution in [2.45, 2.75) is 25.8 Å². The molecule has 0 aromatic rings. The molecule has 5 nitrogen and oxygen atoms in total. The maximum absolute atomic E-state index is 11.2. The summed E-state index contributed by atoms with van der Waals surface area (Å²) in [4.78, 5) is 11.2. The van der Waals surface area contributed by atoms with Gasteiger partial charge < -0.3 is 20.7 Å². The molecule has 90 valence electrons. The van der Waals surface area contributed by atoms with Crippen molar-refractivity contribution in [3.63, 3.8) is 0 Å². The maximum Gasteiger partial charge on any atom is 0.407 e. The van der Waals surface area contributed by atoms with E-state index in [-0.39, 0.29) is 11.6 Å². The first-order valence-corrected chi connectivity index (χ1v) is 5.26. The standard InChI is InChI=1S/C10H23N3O2/c1-10(2,12-4)8-15-9(14)13-7-5-6-11-3/h11-12H,5-8H2,1-4H3,(H,13,14). The van der Waals surface area contributed by atoms with Crippen LogP contribution in [0.3, 0.4) is 0 Å². The molecular formula is C10H23N3O2. The first-order chi connectivity index (χ1) is 7.02. The average molecular weight is 217 g/mol. The third kappa shape index (κ3) is 8.20. The van der Waals surface area contributed by atoms with E-state index in [0.29, 0.717) is 13.2 Å². The SMILES string of the molecule is CNCCCNC(=O)OCC(C)(C)NC. The Kier molecular flexibility index (Phi) is 7.07. The topological polar surface area (TPSA) is 62.4 Å². The molecule has 3 N–H and O–H groups in total. The van der Waals surface area contributed by atoms with Crippen LogP contribution in [0.25, 0.3) is 0 Å². The number of amides is 1. The first kappa shape index (κ1) is 14.2. The Morgan fingerprint density at radius 2 is 1.93 bits per heavy atom. The second kappa shape index (κ2) is 7.48. The zero-order valence-electron chi connectivity index (χ0n) is 10.1. The van der Waals surface area contributed by atoms with E-state index in [2.05, 4.69) is 16.0 Å². The molecule has 0 saturated heterocycles. The largest absolute Gasteiger partial charge is 0.448 e. The van der Waals surface area contributed by atoms with Crippen LogP contribution >= 0.6 is 0 Å². The van der Waals surface area contributed by atoms with Crippen molar-refractivity contribution >= 4 is 6.09 Å². The highest BCUT2D eigenvalue weighted by Crippen LogP contribution is 2.00. The molecule has 5 heteroatoms. The van der Waals surface area contributed by atoms with E-state index < -0.39 is 0 Å². The molecule has 15 heavy (non-hydrogen) atoms. The van der Waals surface area contributed by atoms with Crippen molar-refractivity contribution in [2.24, 2.45) is 0 Å². The van der Waals surface area contributed by atoms with Gasteiger partial charge in [-0.3, -0.25) is 0 Å². The molecule has 0 saturated carbocycles. The summed E-state index contributed by atoms with van der Waals surface area (Å²) in [5.41, 5.74) is -0.178. The van der Waals surface area contributed by atoms with Gasteiger partial charge in [0.05, 0.1) is 0 Å². The molecule has 0 bridgehead atoms. The van der Waals surface area contributed by atoms with Crippen LogP contribution in [0, 0.1) is 0 Å². The minimum absolute atomic E-state index is 0.178. The Balaban J connectivity index is 3.49. The van der Waals surface area contributed by atoms with Crippen LogP contribution < -0.4 is 16.0 Å². The second-order valence-corrected chi connectivity index (χ2v) is 4.09. The summed E-state index contributed by atoms with van der Waals surface area (Å²) in [7, 11) is 3.72. The predicted molar refractivity (Wildman–Crippen MR) is 61.0 cm³/mol. The molecular weight excluding hydrogens is 194 g/mol. The summed E-state index contributed by atoms with van der Waals surface area (Å²) in [6.45, 7) is 5.84. The lowest BCUT2D eigenvalue weighted by Gasteiger charge is -2.23. The summed E-state index contributed by atoms with van der Waals surface area (Å²) >= 11 is 0. The fourth-order valence-corrected chi connectivity index (χ4v) is 0.825. The van der Waals surface area contributed by atoms with Crippen molar-refractivity contribution in [3.05, 3.63) is 0 Å². The summed E-state index contributed by atoms with van der Waals surface area (Å²) in [5.74, 6) is 0. The van der Waals surface area contributed by atoms with Crippen molar-refractivity contribution in [3.8, 4) is 0 Å². The normalized spacial score (nSPS) is 11.2. The molecule has 0 unspecified atom stereocenters. The van der Waals surface area contributed by atoms with Crippen LogP contribution in [0.15, 0.2) is 0 Å². The van der Waals surface area contributed by atoms with Crippen LogP contribution in [-0.4, -0.2) is 45.4 Å². The Bertz CT molecular complexity index is 184.